The Morgan fingerprint density at radius 2 is 2.24 bits per heavy atom. The van der Waals surface area contributed by atoms with Gasteiger partial charge >= 0.3 is 0 Å². The van der Waals surface area contributed by atoms with Gasteiger partial charge in [-0.15, -0.1) is 5.10 Å². The summed E-state index contributed by atoms with van der Waals surface area (Å²) in [6.45, 7) is -0.0349. The van der Waals surface area contributed by atoms with Gasteiger partial charge in [-0.1, -0.05) is 11.6 Å². The fraction of sp³-hybridized carbons (Fsp3) is 0.417. The summed E-state index contributed by atoms with van der Waals surface area (Å²) < 4.78 is 2.58. The third kappa shape index (κ3) is 2.76. The smallest absolute Gasteiger partial charge is 0.255 e. The fourth-order valence-electron chi connectivity index (χ4n) is 2.07. The van der Waals surface area contributed by atoms with Crippen LogP contribution in [0.3, 0.4) is 0 Å². The van der Waals surface area contributed by atoms with E-state index in [0.29, 0.717) is 5.82 Å². The molecule has 0 radical (unpaired) electrons. The number of carbonyl (C=O) groups is 2. The number of amides is 1. The van der Waals surface area contributed by atoms with E-state index in [1.807, 2.05) is 0 Å². The average Bonchev–Trinajstić information content (AvgIpc) is 2.96. The van der Waals surface area contributed by atoms with E-state index in [1.165, 1.54) is 27.8 Å². The number of hydrogen-bond donors (Lipinski definition) is 2. The predicted octanol–water partition coefficient (Wildman–Crippen LogP) is 0.136. The maximum Gasteiger partial charge on any atom is 0.255 e. The van der Waals surface area contributed by atoms with Crippen LogP contribution in [0, 0.1) is 5.92 Å². The molecule has 9 nitrogen and oxygen atoms in total. The summed E-state index contributed by atoms with van der Waals surface area (Å²) in [6, 6.07) is 0. The van der Waals surface area contributed by atoms with Crippen LogP contribution in [-0.2, 0) is 11.3 Å². The second-order valence-corrected chi connectivity index (χ2v) is 4.97. The van der Waals surface area contributed by atoms with Gasteiger partial charge in [-0.3, -0.25) is 14.2 Å². The van der Waals surface area contributed by atoms with E-state index < -0.39 is 0 Å². The minimum Gasteiger partial charge on any atom is -0.369 e. The maximum absolute atomic E-state index is 12.0. The Hall–Kier alpha value is -2.71. The lowest BCUT2D eigenvalue weighted by Gasteiger charge is -2.23. The maximum atomic E-state index is 12.0. The number of hydrogen-bond acceptors (Lipinski definition) is 6. The first-order valence-electron chi connectivity index (χ1n) is 6.66. The van der Waals surface area contributed by atoms with Crippen LogP contribution < -0.4 is 11.1 Å². The first kappa shape index (κ1) is 13.3. The van der Waals surface area contributed by atoms with Crippen LogP contribution in [0.1, 0.15) is 24.1 Å². The summed E-state index contributed by atoms with van der Waals surface area (Å²) in [6.07, 6.45) is 7.36. The Kier molecular flexibility index (Phi) is 3.38. The van der Waals surface area contributed by atoms with E-state index in [4.69, 9.17) is 5.73 Å². The molecular formula is C12H15N7O2. The van der Waals surface area contributed by atoms with Crippen molar-refractivity contribution in [3.8, 4) is 0 Å². The normalized spacial score (nSPS) is 14.7. The van der Waals surface area contributed by atoms with Gasteiger partial charge in [0, 0.05) is 18.3 Å². The average molecular weight is 289 g/mol. The minimum absolute atomic E-state index is 0.0349. The number of nitrogens with one attached hydrogen (secondary N) is 1. The number of carbonyl (C=O) groups excluding carboxylic acids is 2. The van der Waals surface area contributed by atoms with Crippen molar-refractivity contribution in [3.63, 3.8) is 0 Å². The molecule has 1 amide bonds. The van der Waals surface area contributed by atoms with Crippen molar-refractivity contribution < 1.29 is 9.59 Å². The minimum atomic E-state index is -0.285. The highest BCUT2D eigenvalue weighted by atomic mass is 16.2. The fourth-order valence-corrected chi connectivity index (χ4v) is 2.07. The lowest BCUT2D eigenvalue weighted by Crippen LogP contribution is -2.28. The van der Waals surface area contributed by atoms with Gasteiger partial charge in [-0.25, -0.2) is 9.67 Å². The molecule has 3 N–H and O–H groups in total. The van der Waals surface area contributed by atoms with Crippen LogP contribution in [0.5, 0.6) is 0 Å². The van der Waals surface area contributed by atoms with E-state index in [2.05, 4.69) is 20.6 Å². The standard InChI is InChI=1S/C12H15N7O2/c13-12-14-4-5-19(12)10(20)7-18-6-9(16-17-18)15-11(21)8-2-1-3-8/h4-6,8H,1-3,7H2,(H2,13,14)(H,15,21). The van der Waals surface area contributed by atoms with E-state index in [-0.39, 0.29) is 30.2 Å². The molecular weight excluding hydrogens is 274 g/mol. The molecule has 1 aliphatic carbocycles. The molecule has 2 heterocycles. The number of rotatable bonds is 4. The monoisotopic (exact) mass is 289 g/mol. The summed E-state index contributed by atoms with van der Waals surface area (Å²) in [7, 11) is 0. The van der Waals surface area contributed by atoms with Gasteiger partial charge in [0.15, 0.2) is 5.82 Å². The molecule has 0 aliphatic heterocycles. The van der Waals surface area contributed by atoms with Crippen molar-refractivity contribution >= 4 is 23.6 Å². The zero-order valence-electron chi connectivity index (χ0n) is 11.3. The van der Waals surface area contributed by atoms with Crippen LogP contribution in [0.15, 0.2) is 18.6 Å². The number of aromatic nitrogens is 5. The molecule has 110 valence electrons. The predicted molar refractivity (Wildman–Crippen MR) is 73.3 cm³/mol. The zero-order chi connectivity index (χ0) is 14.8. The highest BCUT2D eigenvalue weighted by Crippen LogP contribution is 2.27. The number of nitrogens with two attached hydrogens (primary N) is 1. The van der Waals surface area contributed by atoms with E-state index in [1.54, 1.807) is 0 Å². The third-order valence-corrected chi connectivity index (χ3v) is 3.50. The Morgan fingerprint density at radius 1 is 1.43 bits per heavy atom. The van der Waals surface area contributed by atoms with Crippen molar-refractivity contribution in [3.05, 3.63) is 18.6 Å². The molecule has 0 unspecified atom stereocenters. The van der Waals surface area contributed by atoms with Crippen LogP contribution in [0.4, 0.5) is 11.8 Å². The van der Waals surface area contributed by atoms with Gasteiger partial charge in [0.1, 0.15) is 6.54 Å². The van der Waals surface area contributed by atoms with Crippen molar-refractivity contribution in [2.75, 3.05) is 11.1 Å². The molecule has 3 rings (SSSR count). The van der Waals surface area contributed by atoms with Crippen molar-refractivity contribution in [1.29, 1.82) is 0 Å². The van der Waals surface area contributed by atoms with Gasteiger partial charge in [0.2, 0.25) is 11.9 Å². The molecule has 0 atom stereocenters. The molecule has 0 aromatic carbocycles. The third-order valence-electron chi connectivity index (χ3n) is 3.50. The SMILES string of the molecule is Nc1nccn1C(=O)Cn1cc(NC(=O)C2CCC2)nn1. The first-order valence-corrected chi connectivity index (χ1v) is 6.66. The van der Waals surface area contributed by atoms with E-state index in [9.17, 15) is 9.59 Å². The zero-order valence-corrected chi connectivity index (χ0v) is 11.3. The van der Waals surface area contributed by atoms with Crippen molar-refractivity contribution in [2.45, 2.75) is 25.8 Å². The molecule has 21 heavy (non-hydrogen) atoms. The molecule has 1 saturated carbocycles. The van der Waals surface area contributed by atoms with Gasteiger partial charge in [0.25, 0.3) is 5.91 Å². The Labute approximate surface area is 120 Å². The first-order chi connectivity index (χ1) is 10.1. The number of nitrogen functional groups attached to an aromatic ring is 1. The Morgan fingerprint density at radius 3 is 2.86 bits per heavy atom. The van der Waals surface area contributed by atoms with Crippen molar-refractivity contribution in [2.24, 2.45) is 5.92 Å². The van der Waals surface area contributed by atoms with Crippen LogP contribution in [0.25, 0.3) is 0 Å². The molecule has 2 aromatic rings. The van der Waals surface area contributed by atoms with Crippen LogP contribution in [0.2, 0.25) is 0 Å². The molecule has 0 bridgehead atoms. The highest BCUT2D eigenvalue weighted by molar-refractivity contribution is 5.92. The lowest BCUT2D eigenvalue weighted by molar-refractivity contribution is -0.122. The lowest BCUT2D eigenvalue weighted by atomic mass is 9.85. The van der Waals surface area contributed by atoms with Gasteiger partial charge in [0.05, 0.1) is 6.20 Å². The molecule has 9 heteroatoms. The summed E-state index contributed by atoms with van der Waals surface area (Å²) in [5.41, 5.74) is 5.55. The highest BCUT2D eigenvalue weighted by Gasteiger charge is 2.25. The van der Waals surface area contributed by atoms with Gasteiger partial charge in [-0.2, -0.15) is 0 Å². The summed E-state index contributed by atoms with van der Waals surface area (Å²) in [5, 5.41) is 10.3. The Balaban J connectivity index is 1.61. The topological polar surface area (TPSA) is 121 Å². The molecule has 0 saturated heterocycles. The Bertz CT molecular complexity index is 671. The molecule has 1 aliphatic rings. The quantitative estimate of drug-likeness (QED) is 0.825. The van der Waals surface area contributed by atoms with Gasteiger partial charge in [-0.05, 0) is 12.8 Å². The van der Waals surface area contributed by atoms with E-state index >= 15 is 0 Å². The summed E-state index contributed by atoms with van der Waals surface area (Å²) >= 11 is 0. The number of anilines is 2. The molecule has 0 spiro atoms. The molecule has 1 fully saturated rings. The largest absolute Gasteiger partial charge is 0.369 e. The van der Waals surface area contributed by atoms with Gasteiger partial charge < -0.3 is 11.1 Å². The number of imidazole rings is 1. The van der Waals surface area contributed by atoms with E-state index in [0.717, 1.165) is 19.3 Å². The molecule has 2 aromatic heterocycles. The second-order valence-electron chi connectivity index (χ2n) is 4.97. The number of nitrogens with zero attached hydrogens (tertiary/aromatic N) is 5. The summed E-state index contributed by atoms with van der Waals surface area (Å²) in [5.74, 6) is 0.213. The van der Waals surface area contributed by atoms with Crippen LogP contribution in [-0.4, -0.2) is 36.4 Å². The van der Waals surface area contributed by atoms with Crippen LogP contribution >= 0.6 is 0 Å². The van der Waals surface area contributed by atoms with Crippen molar-refractivity contribution in [1.82, 2.24) is 24.5 Å². The summed E-state index contributed by atoms with van der Waals surface area (Å²) in [4.78, 5) is 27.5. The second kappa shape index (κ2) is 5.35.